The van der Waals surface area contributed by atoms with Crippen molar-refractivity contribution in [2.45, 2.75) is 38.6 Å². The van der Waals surface area contributed by atoms with Crippen molar-refractivity contribution >= 4 is 5.69 Å². The van der Waals surface area contributed by atoms with Crippen molar-refractivity contribution in [2.75, 3.05) is 5.73 Å². The molecule has 0 saturated heterocycles. The molecular weight excluding hydrogens is 188 g/mol. The maximum Gasteiger partial charge on any atom is 0.0378 e. The molecule has 0 aromatic carbocycles. The number of anilines is 1. The van der Waals surface area contributed by atoms with Crippen molar-refractivity contribution in [3.05, 3.63) is 24.0 Å². The minimum atomic E-state index is 0.288. The number of aromatic nitrogens is 1. The van der Waals surface area contributed by atoms with Crippen LogP contribution in [0.2, 0.25) is 0 Å². The maximum atomic E-state index is 5.84. The third kappa shape index (κ3) is 3.85. The Morgan fingerprint density at radius 2 is 2.33 bits per heavy atom. The highest BCUT2D eigenvalue weighted by Crippen LogP contribution is 2.13. The van der Waals surface area contributed by atoms with E-state index < -0.39 is 0 Å². The Bertz CT molecular complexity index is 288. The largest absolute Gasteiger partial charge is 0.398 e. The van der Waals surface area contributed by atoms with Crippen LogP contribution in [-0.2, 0) is 6.42 Å². The Kier molecular flexibility index (Phi) is 5.07. The van der Waals surface area contributed by atoms with E-state index in [-0.39, 0.29) is 6.04 Å². The second kappa shape index (κ2) is 6.37. The van der Waals surface area contributed by atoms with Crippen molar-refractivity contribution in [3.63, 3.8) is 0 Å². The van der Waals surface area contributed by atoms with E-state index in [1.165, 1.54) is 12.8 Å². The molecule has 1 rings (SSSR count). The summed E-state index contributed by atoms with van der Waals surface area (Å²) in [7, 11) is 0. The Hall–Kier alpha value is -1.13. The molecule has 4 heteroatoms. The summed E-state index contributed by atoms with van der Waals surface area (Å²) in [5.41, 5.74) is 10.5. The summed E-state index contributed by atoms with van der Waals surface area (Å²) in [6.45, 7) is 2.17. The van der Waals surface area contributed by atoms with Gasteiger partial charge in [0.15, 0.2) is 0 Å². The summed E-state index contributed by atoms with van der Waals surface area (Å²) in [4.78, 5) is 4.06. The van der Waals surface area contributed by atoms with Gasteiger partial charge in [0.2, 0.25) is 0 Å². The molecule has 0 bridgehead atoms. The molecule has 0 fully saturated rings. The van der Waals surface area contributed by atoms with Crippen LogP contribution in [0.5, 0.6) is 0 Å². The number of hydrazine groups is 1. The molecule has 0 amide bonds. The first-order valence-electron chi connectivity index (χ1n) is 5.42. The van der Waals surface area contributed by atoms with Gasteiger partial charge in [0, 0.05) is 24.1 Å². The molecule has 0 spiro atoms. The predicted molar refractivity (Wildman–Crippen MR) is 63.0 cm³/mol. The number of nitrogens with zero attached hydrogens (tertiary/aromatic N) is 1. The van der Waals surface area contributed by atoms with Gasteiger partial charge in [-0.05, 0) is 24.5 Å². The molecule has 5 N–H and O–H groups in total. The van der Waals surface area contributed by atoms with Gasteiger partial charge in [0.05, 0.1) is 0 Å². The van der Waals surface area contributed by atoms with Crippen LogP contribution in [0.1, 0.15) is 31.7 Å². The first-order chi connectivity index (χ1) is 7.27. The Balaban J connectivity index is 2.54. The Morgan fingerprint density at radius 1 is 1.53 bits per heavy atom. The third-order valence-corrected chi connectivity index (χ3v) is 2.55. The highest BCUT2D eigenvalue weighted by molar-refractivity contribution is 5.44. The smallest absolute Gasteiger partial charge is 0.0378 e. The fourth-order valence-electron chi connectivity index (χ4n) is 1.57. The topological polar surface area (TPSA) is 77.0 Å². The van der Waals surface area contributed by atoms with Gasteiger partial charge in [0.25, 0.3) is 0 Å². The Labute approximate surface area is 91.0 Å². The van der Waals surface area contributed by atoms with Crippen molar-refractivity contribution in [3.8, 4) is 0 Å². The molecule has 1 heterocycles. The van der Waals surface area contributed by atoms with Gasteiger partial charge >= 0.3 is 0 Å². The SMILES string of the molecule is CCCCC(Cc1cnccc1N)NN. The summed E-state index contributed by atoms with van der Waals surface area (Å²) in [6, 6.07) is 2.11. The van der Waals surface area contributed by atoms with Gasteiger partial charge in [0.1, 0.15) is 0 Å². The molecule has 0 aliphatic rings. The average Bonchev–Trinajstić information content (AvgIpc) is 2.26. The van der Waals surface area contributed by atoms with E-state index in [0.717, 1.165) is 24.1 Å². The Morgan fingerprint density at radius 3 is 2.93 bits per heavy atom. The van der Waals surface area contributed by atoms with E-state index in [1.807, 2.05) is 12.3 Å². The molecule has 1 aromatic rings. The summed E-state index contributed by atoms with van der Waals surface area (Å²) >= 11 is 0. The lowest BCUT2D eigenvalue weighted by molar-refractivity contribution is 0.473. The van der Waals surface area contributed by atoms with E-state index in [9.17, 15) is 0 Å². The number of hydrogen-bond donors (Lipinski definition) is 3. The predicted octanol–water partition coefficient (Wildman–Crippen LogP) is 1.23. The first kappa shape index (κ1) is 11.9. The number of nitrogens with two attached hydrogens (primary N) is 2. The molecule has 0 aliphatic carbocycles. The zero-order valence-corrected chi connectivity index (χ0v) is 9.24. The van der Waals surface area contributed by atoms with Crippen LogP contribution >= 0.6 is 0 Å². The van der Waals surface area contributed by atoms with Crippen LogP contribution in [0.4, 0.5) is 5.69 Å². The van der Waals surface area contributed by atoms with Crippen LogP contribution in [0.15, 0.2) is 18.5 Å². The molecule has 1 atom stereocenters. The van der Waals surface area contributed by atoms with E-state index >= 15 is 0 Å². The van der Waals surface area contributed by atoms with Crippen LogP contribution in [0.25, 0.3) is 0 Å². The molecule has 15 heavy (non-hydrogen) atoms. The summed E-state index contributed by atoms with van der Waals surface area (Å²) in [5.74, 6) is 5.50. The highest BCUT2D eigenvalue weighted by Gasteiger charge is 2.08. The molecule has 4 nitrogen and oxygen atoms in total. The van der Waals surface area contributed by atoms with Crippen molar-refractivity contribution in [1.29, 1.82) is 0 Å². The van der Waals surface area contributed by atoms with Crippen LogP contribution in [0.3, 0.4) is 0 Å². The van der Waals surface area contributed by atoms with Gasteiger partial charge in [-0.25, -0.2) is 0 Å². The third-order valence-electron chi connectivity index (χ3n) is 2.55. The lowest BCUT2D eigenvalue weighted by Crippen LogP contribution is -2.36. The summed E-state index contributed by atoms with van der Waals surface area (Å²) in [5, 5.41) is 0. The first-order valence-corrected chi connectivity index (χ1v) is 5.42. The normalized spacial score (nSPS) is 12.7. The zero-order chi connectivity index (χ0) is 11.1. The number of hydrogen-bond acceptors (Lipinski definition) is 4. The standard InChI is InChI=1S/C11H20N4/c1-2-3-4-10(15-13)7-9-8-14-6-5-11(9)12/h5-6,8,10,15H,2-4,7,13H2,1H3,(H2,12,14). The second-order valence-electron chi connectivity index (χ2n) is 3.78. The van der Waals surface area contributed by atoms with Crippen molar-refractivity contribution < 1.29 is 0 Å². The van der Waals surface area contributed by atoms with Crippen LogP contribution in [0, 0.1) is 0 Å². The molecule has 1 aromatic heterocycles. The van der Waals surface area contributed by atoms with E-state index in [0.29, 0.717) is 0 Å². The molecule has 84 valence electrons. The molecule has 0 aliphatic heterocycles. The number of rotatable bonds is 6. The van der Waals surface area contributed by atoms with E-state index in [4.69, 9.17) is 11.6 Å². The number of nitrogen functional groups attached to an aromatic ring is 1. The number of pyridine rings is 1. The van der Waals surface area contributed by atoms with Crippen molar-refractivity contribution in [2.24, 2.45) is 5.84 Å². The van der Waals surface area contributed by atoms with E-state index in [2.05, 4.69) is 17.3 Å². The fourth-order valence-corrected chi connectivity index (χ4v) is 1.57. The average molecular weight is 208 g/mol. The lowest BCUT2D eigenvalue weighted by Gasteiger charge is -2.16. The van der Waals surface area contributed by atoms with Gasteiger partial charge in [-0.2, -0.15) is 0 Å². The van der Waals surface area contributed by atoms with Crippen LogP contribution < -0.4 is 17.0 Å². The zero-order valence-electron chi connectivity index (χ0n) is 9.24. The second-order valence-corrected chi connectivity index (χ2v) is 3.78. The molecular formula is C11H20N4. The van der Waals surface area contributed by atoms with Crippen molar-refractivity contribution in [1.82, 2.24) is 10.4 Å². The minimum absolute atomic E-state index is 0.288. The fraction of sp³-hybridized carbons (Fsp3) is 0.545. The monoisotopic (exact) mass is 208 g/mol. The molecule has 0 saturated carbocycles. The van der Waals surface area contributed by atoms with E-state index in [1.54, 1.807) is 6.20 Å². The highest BCUT2D eigenvalue weighted by atomic mass is 15.2. The lowest BCUT2D eigenvalue weighted by atomic mass is 10.0. The summed E-state index contributed by atoms with van der Waals surface area (Å²) in [6.07, 6.45) is 7.79. The van der Waals surface area contributed by atoms with Gasteiger partial charge in [-0.1, -0.05) is 19.8 Å². The number of nitrogens with one attached hydrogen (secondary N) is 1. The number of unbranched alkanes of at least 4 members (excludes halogenated alkanes) is 1. The van der Waals surface area contributed by atoms with Gasteiger partial charge in [-0.15, -0.1) is 0 Å². The van der Waals surface area contributed by atoms with Crippen LogP contribution in [-0.4, -0.2) is 11.0 Å². The maximum absolute atomic E-state index is 5.84. The summed E-state index contributed by atoms with van der Waals surface area (Å²) < 4.78 is 0. The molecule has 1 unspecified atom stereocenters. The minimum Gasteiger partial charge on any atom is -0.398 e. The molecule has 0 radical (unpaired) electrons. The quantitative estimate of drug-likeness (QED) is 0.485. The van der Waals surface area contributed by atoms with Gasteiger partial charge in [-0.3, -0.25) is 16.3 Å². The van der Waals surface area contributed by atoms with Gasteiger partial charge < -0.3 is 5.73 Å².